The van der Waals surface area contributed by atoms with E-state index in [9.17, 15) is 9.90 Å². The summed E-state index contributed by atoms with van der Waals surface area (Å²) in [6.07, 6.45) is 2.90. The summed E-state index contributed by atoms with van der Waals surface area (Å²) in [5, 5.41) is 10.6. The van der Waals surface area contributed by atoms with Gasteiger partial charge in [-0.25, -0.2) is 4.79 Å². The van der Waals surface area contributed by atoms with Crippen LogP contribution in [0.3, 0.4) is 0 Å². The molecule has 6 nitrogen and oxygen atoms in total. The van der Waals surface area contributed by atoms with Crippen LogP contribution in [0.2, 0.25) is 0 Å². The largest absolute Gasteiger partial charge is 0.478 e. The van der Waals surface area contributed by atoms with Gasteiger partial charge >= 0.3 is 5.97 Å². The number of carbonyl (C=O) groups is 1. The van der Waals surface area contributed by atoms with E-state index in [4.69, 9.17) is 4.99 Å². The number of aliphatic imine (C=N–C) groups is 1. The van der Waals surface area contributed by atoms with Crippen LogP contribution in [0.4, 0.5) is 0 Å². The Balaban J connectivity index is 1.63. The van der Waals surface area contributed by atoms with Gasteiger partial charge in [-0.15, -0.1) is 0 Å². The van der Waals surface area contributed by atoms with Gasteiger partial charge in [0.2, 0.25) is 0 Å². The van der Waals surface area contributed by atoms with Crippen LogP contribution >= 0.6 is 11.8 Å². The Hall–Kier alpha value is -3.06. The number of hydrogen-bond donors (Lipinski definition) is 1. The lowest BCUT2D eigenvalue weighted by molar-refractivity contribution is 0.0697. The number of nitrogens with zero attached hydrogens (tertiary/aromatic N) is 4. The number of carboxylic acid groups (broad SMARTS) is 1. The standard InChI is InChI=1S/C25H26N4O2S/c1-4-18-14-32-25-27-22(21-10-5-6-11-26-21)23(29(18)25)20-12-15(2)28(16(20)3)19-9-7-8-17(13-19)24(30)31/h5-13,18,22-23H,4,14H2,1-3H3,(H,30,31)/t18-,22+,23+/m0/s1. The lowest BCUT2D eigenvalue weighted by Crippen LogP contribution is -2.35. The van der Waals surface area contributed by atoms with Crippen LogP contribution in [0, 0.1) is 13.8 Å². The van der Waals surface area contributed by atoms with E-state index in [2.05, 4.69) is 47.4 Å². The maximum Gasteiger partial charge on any atom is 0.335 e. The van der Waals surface area contributed by atoms with E-state index in [0.717, 1.165) is 40.1 Å². The average Bonchev–Trinajstić information content (AvgIpc) is 3.45. The minimum absolute atomic E-state index is 0.0626. The normalized spacial score (nSPS) is 22.2. The maximum atomic E-state index is 11.5. The minimum Gasteiger partial charge on any atom is -0.478 e. The van der Waals surface area contributed by atoms with Crippen molar-refractivity contribution < 1.29 is 9.90 Å². The zero-order chi connectivity index (χ0) is 22.4. The van der Waals surface area contributed by atoms with Crippen molar-refractivity contribution in [1.29, 1.82) is 0 Å². The number of carboxylic acids is 1. The average molecular weight is 447 g/mol. The highest BCUT2D eigenvalue weighted by molar-refractivity contribution is 8.14. The molecule has 0 amide bonds. The van der Waals surface area contributed by atoms with Gasteiger partial charge in [0.05, 0.1) is 17.3 Å². The van der Waals surface area contributed by atoms with Crippen LogP contribution in [-0.2, 0) is 0 Å². The predicted molar refractivity (Wildman–Crippen MR) is 128 cm³/mol. The Morgan fingerprint density at radius 2 is 2.03 bits per heavy atom. The fourth-order valence-corrected chi connectivity index (χ4v) is 6.29. The van der Waals surface area contributed by atoms with Gasteiger partial charge in [0.25, 0.3) is 0 Å². The number of aryl methyl sites for hydroxylation is 1. The van der Waals surface area contributed by atoms with Crippen LogP contribution in [0.5, 0.6) is 0 Å². The van der Waals surface area contributed by atoms with E-state index >= 15 is 0 Å². The minimum atomic E-state index is -0.918. The molecule has 32 heavy (non-hydrogen) atoms. The number of rotatable bonds is 5. The smallest absolute Gasteiger partial charge is 0.335 e. The summed E-state index contributed by atoms with van der Waals surface area (Å²) < 4.78 is 2.15. The molecule has 0 saturated carbocycles. The molecule has 5 rings (SSSR count). The van der Waals surface area contributed by atoms with Crippen molar-refractivity contribution in [1.82, 2.24) is 14.5 Å². The first kappa shape index (κ1) is 20.8. The third-order valence-electron chi connectivity index (χ3n) is 6.47. The van der Waals surface area contributed by atoms with Crippen molar-refractivity contribution in [3.05, 3.63) is 82.9 Å². The molecular weight excluding hydrogens is 420 g/mol. The number of thioether (sulfide) groups is 1. The molecule has 0 spiro atoms. The van der Waals surface area contributed by atoms with Gasteiger partial charge in [0, 0.05) is 35.1 Å². The second-order valence-electron chi connectivity index (χ2n) is 8.35. The Morgan fingerprint density at radius 3 is 2.75 bits per heavy atom. The van der Waals surface area contributed by atoms with Gasteiger partial charge < -0.3 is 14.6 Å². The van der Waals surface area contributed by atoms with E-state index < -0.39 is 5.97 Å². The SMILES string of the molecule is CC[C@H]1CSC2=N[C@H](c3ccccn3)[C@@H](c3cc(C)n(-c4cccc(C(=O)O)c4)c3C)N21. The molecule has 0 aliphatic carbocycles. The van der Waals surface area contributed by atoms with Crippen molar-refractivity contribution in [3.8, 4) is 5.69 Å². The van der Waals surface area contributed by atoms with Crippen LogP contribution in [-0.4, -0.2) is 42.5 Å². The Bertz CT molecular complexity index is 1200. The van der Waals surface area contributed by atoms with Crippen molar-refractivity contribution >= 4 is 22.9 Å². The molecule has 2 aromatic heterocycles. The van der Waals surface area contributed by atoms with Gasteiger partial charge in [-0.05, 0) is 62.2 Å². The summed E-state index contributed by atoms with van der Waals surface area (Å²) in [5.41, 5.74) is 5.54. The molecule has 1 aromatic carbocycles. The summed E-state index contributed by atoms with van der Waals surface area (Å²) in [6, 6.07) is 15.8. The van der Waals surface area contributed by atoms with Gasteiger partial charge in [0.1, 0.15) is 6.04 Å². The Morgan fingerprint density at radius 1 is 1.19 bits per heavy atom. The highest BCUT2D eigenvalue weighted by Crippen LogP contribution is 2.49. The van der Waals surface area contributed by atoms with Gasteiger partial charge in [-0.1, -0.05) is 30.8 Å². The summed E-state index contributed by atoms with van der Waals surface area (Å²) in [5.74, 6) is 0.138. The third kappa shape index (κ3) is 3.32. The second-order valence-corrected chi connectivity index (χ2v) is 9.34. The molecule has 0 bridgehead atoms. The van der Waals surface area contributed by atoms with Crippen molar-refractivity contribution in [3.63, 3.8) is 0 Å². The Kier molecular flexibility index (Phi) is 5.29. The number of benzene rings is 1. The highest BCUT2D eigenvalue weighted by atomic mass is 32.2. The molecule has 0 radical (unpaired) electrons. The first-order valence-corrected chi connectivity index (χ1v) is 11.9. The number of aromatic nitrogens is 2. The van der Waals surface area contributed by atoms with Gasteiger partial charge in [0.15, 0.2) is 5.17 Å². The van der Waals surface area contributed by atoms with E-state index in [0.29, 0.717) is 6.04 Å². The van der Waals surface area contributed by atoms with E-state index in [1.54, 1.807) is 18.2 Å². The third-order valence-corrected chi connectivity index (χ3v) is 7.60. The number of hydrogen-bond acceptors (Lipinski definition) is 5. The molecule has 1 N–H and O–H groups in total. The van der Waals surface area contributed by atoms with Crippen molar-refractivity contribution in [2.75, 3.05) is 5.75 Å². The van der Waals surface area contributed by atoms with Crippen LogP contribution in [0.25, 0.3) is 5.69 Å². The maximum absolute atomic E-state index is 11.5. The fraction of sp³-hybridized carbons (Fsp3) is 0.320. The van der Waals surface area contributed by atoms with Gasteiger partial charge in [-0.2, -0.15) is 0 Å². The molecule has 4 heterocycles. The summed E-state index contributed by atoms with van der Waals surface area (Å²) in [6.45, 7) is 6.43. The Labute approximate surface area is 192 Å². The molecule has 2 aliphatic rings. The molecule has 1 saturated heterocycles. The fourth-order valence-electron chi connectivity index (χ4n) is 4.95. The first-order chi connectivity index (χ1) is 15.5. The summed E-state index contributed by atoms with van der Waals surface area (Å²) >= 11 is 1.84. The molecule has 2 aliphatic heterocycles. The van der Waals surface area contributed by atoms with Crippen molar-refractivity contribution in [2.24, 2.45) is 4.99 Å². The molecule has 3 atom stereocenters. The van der Waals surface area contributed by atoms with Crippen molar-refractivity contribution in [2.45, 2.75) is 45.3 Å². The van der Waals surface area contributed by atoms with Gasteiger partial charge in [-0.3, -0.25) is 9.98 Å². The summed E-state index contributed by atoms with van der Waals surface area (Å²) in [4.78, 5) is 23.8. The lowest BCUT2D eigenvalue weighted by Gasteiger charge is -2.32. The van der Waals surface area contributed by atoms with E-state index in [1.807, 2.05) is 36.2 Å². The monoisotopic (exact) mass is 446 g/mol. The molecule has 164 valence electrons. The molecular formula is C25H26N4O2S. The number of aromatic carboxylic acids is 1. The lowest BCUT2D eigenvalue weighted by atomic mass is 9.95. The molecule has 3 aromatic rings. The van der Waals surface area contributed by atoms with Crippen LogP contribution < -0.4 is 0 Å². The topological polar surface area (TPSA) is 70.7 Å². The number of amidine groups is 1. The van der Waals surface area contributed by atoms with E-state index in [1.165, 1.54) is 5.56 Å². The second kappa shape index (κ2) is 8.13. The van der Waals surface area contributed by atoms with E-state index in [-0.39, 0.29) is 17.6 Å². The zero-order valence-electron chi connectivity index (χ0n) is 18.4. The molecule has 7 heteroatoms. The quantitative estimate of drug-likeness (QED) is 0.586. The first-order valence-electron chi connectivity index (χ1n) is 10.9. The highest BCUT2D eigenvalue weighted by Gasteiger charge is 2.46. The van der Waals surface area contributed by atoms with Crippen LogP contribution in [0.1, 0.15) is 58.4 Å². The molecule has 0 unspecified atom stereocenters. The number of pyridine rings is 1. The summed E-state index contributed by atoms with van der Waals surface area (Å²) in [7, 11) is 0. The predicted octanol–water partition coefficient (Wildman–Crippen LogP) is 5.17. The van der Waals surface area contributed by atoms with Crippen LogP contribution in [0.15, 0.2) is 59.7 Å². The zero-order valence-corrected chi connectivity index (χ0v) is 19.2. The molecule has 1 fully saturated rings. The number of fused-ring (bicyclic) bond motifs is 1.